The summed E-state index contributed by atoms with van der Waals surface area (Å²) < 4.78 is 14.0. The Morgan fingerprint density at radius 2 is 1.87 bits per heavy atom. The van der Waals surface area contributed by atoms with E-state index in [1.54, 1.807) is 13.1 Å². The summed E-state index contributed by atoms with van der Waals surface area (Å²) >= 11 is 0. The van der Waals surface area contributed by atoms with Crippen molar-refractivity contribution in [1.82, 2.24) is 24.9 Å². The summed E-state index contributed by atoms with van der Waals surface area (Å²) in [4.78, 5) is 37.6. The molecule has 0 spiro atoms. The van der Waals surface area contributed by atoms with Crippen molar-refractivity contribution in [2.45, 2.75) is 44.9 Å². The maximum atomic E-state index is 14.0. The minimum Gasteiger partial charge on any atom is -0.340 e. The van der Waals surface area contributed by atoms with Gasteiger partial charge in [0.15, 0.2) is 18.2 Å². The quantitative estimate of drug-likeness (QED) is 0.696. The molecule has 1 aromatic carbocycles. The number of carbonyl (C=O) groups excluding carboxylic acids is 2. The topological polar surface area (TPSA) is 71.5 Å². The Kier molecular flexibility index (Phi) is 6.41. The number of amides is 3. The maximum Gasteiger partial charge on any atom is 0.325 e. The molecule has 0 aromatic heterocycles. The van der Waals surface area contributed by atoms with Crippen LogP contribution in [0.25, 0.3) is 0 Å². The highest BCUT2D eigenvalue weighted by Gasteiger charge is 2.49. The minimum atomic E-state index is -0.491. The zero-order chi connectivity index (χ0) is 22.0. The first kappa shape index (κ1) is 21.5. The van der Waals surface area contributed by atoms with Crippen LogP contribution in [0.2, 0.25) is 0 Å². The van der Waals surface area contributed by atoms with Crippen LogP contribution in [0.4, 0.5) is 9.18 Å². The molecule has 3 aliphatic heterocycles. The molecule has 0 radical (unpaired) electrons. The van der Waals surface area contributed by atoms with Gasteiger partial charge in [0, 0.05) is 51.9 Å². The van der Waals surface area contributed by atoms with E-state index in [-0.39, 0.29) is 11.7 Å². The molecule has 9 heteroatoms. The number of benzene rings is 1. The number of aliphatic imine (C=N–C) groups is 1. The number of hydrogen-bond donors (Lipinski definition) is 1. The van der Waals surface area contributed by atoms with Gasteiger partial charge in [0.05, 0.1) is 0 Å². The average molecular weight is 431 g/mol. The number of guanidine groups is 1. The first-order valence-electron chi connectivity index (χ1n) is 11.1. The van der Waals surface area contributed by atoms with Gasteiger partial charge in [-0.2, -0.15) is 0 Å². The lowest BCUT2D eigenvalue weighted by molar-refractivity contribution is -0.127. The van der Waals surface area contributed by atoms with Crippen LogP contribution >= 0.6 is 0 Å². The summed E-state index contributed by atoms with van der Waals surface area (Å²) in [5.41, 5.74) is 0.707. The van der Waals surface area contributed by atoms with Crippen LogP contribution in [0, 0.1) is 5.82 Å². The van der Waals surface area contributed by atoms with Gasteiger partial charge in [0.25, 0.3) is 5.91 Å². The molecule has 0 bridgehead atoms. The number of likely N-dealkylation sites (N-methyl/N-ethyl adjacent to an activating group) is 1. The number of halogens is 1. The molecule has 2 unspecified atom stereocenters. The monoisotopic (exact) mass is 430 g/mol. The number of rotatable bonds is 6. The lowest BCUT2D eigenvalue weighted by Gasteiger charge is -2.40. The summed E-state index contributed by atoms with van der Waals surface area (Å²) in [5, 5.41) is 2.45. The van der Waals surface area contributed by atoms with E-state index >= 15 is 0 Å². The van der Waals surface area contributed by atoms with Crippen molar-refractivity contribution in [3.8, 4) is 0 Å². The Labute approximate surface area is 182 Å². The third kappa shape index (κ3) is 4.37. The van der Waals surface area contributed by atoms with Gasteiger partial charge in [-0.15, -0.1) is 0 Å². The van der Waals surface area contributed by atoms with E-state index in [0.29, 0.717) is 12.1 Å². The van der Waals surface area contributed by atoms with E-state index in [9.17, 15) is 14.0 Å². The van der Waals surface area contributed by atoms with Crippen LogP contribution in [0.5, 0.6) is 0 Å². The van der Waals surface area contributed by atoms with Crippen molar-refractivity contribution >= 4 is 17.9 Å². The number of urea groups is 1. The largest absolute Gasteiger partial charge is 0.340 e. The third-order valence-corrected chi connectivity index (χ3v) is 6.35. The SMILES string of the molecule is CCCCCN1C(N2CCN(Cc3ccccc3F)CC2)=NC2C1C(=O)NC(=O)N2C. The van der Waals surface area contributed by atoms with Crippen molar-refractivity contribution in [3.63, 3.8) is 0 Å². The highest BCUT2D eigenvalue weighted by atomic mass is 19.1. The zero-order valence-corrected chi connectivity index (χ0v) is 18.3. The molecule has 1 N–H and O–H groups in total. The zero-order valence-electron chi connectivity index (χ0n) is 18.3. The predicted octanol–water partition coefficient (Wildman–Crippen LogP) is 1.68. The molecular weight excluding hydrogens is 399 g/mol. The Balaban J connectivity index is 1.46. The van der Waals surface area contributed by atoms with Gasteiger partial charge in [-0.05, 0) is 12.5 Å². The molecule has 4 rings (SSSR count). The molecule has 1 aromatic rings. The van der Waals surface area contributed by atoms with Gasteiger partial charge in [-0.25, -0.2) is 14.2 Å². The van der Waals surface area contributed by atoms with Gasteiger partial charge >= 0.3 is 6.03 Å². The molecule has 2 saturated heterocycles. The molecule has 31 heavy (non-hydrogen) atoms. The van der Waals surface area contributed by atoms with Crippen molar-refractivity contribution in [3.05, 3.63) is 35.6 Å². The molecule has 3 amide bonds. The maximum absolute atomic E-state index is 14.0. The fraction of sp³-hybridized carbons (Fsp3) is 0.591. The number of imide groups is 1. The molecule has 8 nitrogen and oxygen atoms in total. The van der Waals surface area contributed by atoms with E-state index in [0.717, 1.165) is 57.9 Å². The Bertz CT molecular complexity index is 854. The average Bonchev–Trinajstić information content (AvgIpc) is 3.15. The standard InChI is InChI=1S/C22H31FN6O2/c1-3-4-7-10-29-18-19(26(2)22(31)25-20(18)30)24-21(29)28-13-11-27(12-14-28)15-16-8-5-6-9-17(16)23/h5-6,8-9,18-19H,3-4,7,10-15H2,1-2H3,(H,25,30,31). The van der Waals surface area contributed by atoms with Crippen LogP contribution in [-0.2, 0) is 11.3 Å². The van der Waals surface area contributed by atoms with E-state index in [1.807, 2.05) is 12.1 Å². The second kappa shape index (κ2) is 9.21. The molecule has 2 atom stereocenters. The number of piperazine rings is 1. The predicted molar refractivity (Wildman–Crippen MR) is 116 cm³/mol. The summed E-state index contributed by atoms with van der Waals surface area (Å²) in [6.45, 7) is 6.53. The molecule has 0 aliphatic carbocycles. The van der Waals surface area contributed by atoms with Gasteiger partial charge < -0.3 is 14.7 Å². The normalized spacial score (nSPS) is 24.4. The molecule has 0 saturated carbocycles. The number of unbranched alkanes of at least 4 members (excludes halogenated alkanes) is 2. The Morgan fingerprint density at radius 1 is 1.13 bits per heavy atom. The van der Waals surface area contributed by atoms with E-state index in [4.69, 9.17) is 4.99 Å². The van der Waals surface area contributed by atoms with Gasteiger partial charge in [-0.1, -0.05) is 38.0 Å². The molecule has 168 valence electrons. The summed E-state index contributed by atoms with van der Waals surface area (Å²) in [6, 6.07) is 6.01. The number of hydrogen-bond acceptors (Lipinski definition) is 6. The highest BCUT2D eigenvalue weighted by Crippen LogP contribution is 2.26. The van der Waals surface area contributed by atoms with Crippen molar-refractivity contribution in [1.29, 1.82) is 0 Å². The van der Waals surface area contributed by atoms with Gasteiger partial charge in [-0.3, -0.25) is 15.0 Å². The number of nitrogens with zero attached hydrogens (tertiary/aromatic N) is 5. The summed E-state index contributed by atoms with van der Waals surface area (Å²) in [7, 11) is 1.68. The van der Waals surface area contributed by atoms with Crippen LogP contribution in [0.3, 0.4) is 0 Å². The smallest absolute Gasteiger partial charge is 0.325 e. The number of carbonyl (C=O) groups is 2. The second-order valence-corrected chi connectivity index (χ2v) is 8.45. The summed E-state index contributed by atoms with van der Waals surface area (Å²) in [5.74, 6) is 0.352. The summed E-state index contributed by atoms with van der Waals surface area (Å²) in [6.07, 6.45) is 2.65. The first-order chi connectivity index (χ1) is 15.0. The first-order valence-corrected chi connectivity index (χ1v) is 11.1. The van der Waals surface area contributed by atoms with Gasteiger partial charge in [0.1, 0.15) is 5.82 Å². The third-order valence-electron chi connectivity index (χ3n) is 6.35. The van der Waals surface area contributed by atoms with Crippen molar-refractivity contribution in [2.24, 2.45) is 4.99 Å². The molecular formula is C22H31FN6O2. The van der Waals surface area contributed by atoms with Crippen LogP contribution in [0.1, 0.15) is 31.7 Å². The van der Waals surface area contributed by atoms with Crippen LogP contribution < -0.4 is 5.32 Å². The van der Waals surface area contributed by atoms with Crippen LogP contribution in [0.15, 0.2) is 29.3 Å². The van der Waals surface area contributed by atoms with E-state index in [2.05, 4.69) is 26.9 Å². The molecule has 2 fully saturated rings. The van der Waals surface area contributed by atoms with E-state index in [1.165, 1.54) is 11.0 Å². The minimum absolute atomic E-state index is 0.171. The fourth-order valence-electron chi connectivity index (χ4n) is 4.52. The van der Waals surface area contributed by atoms with Crippen molar-refractivity contribution in [2.75, 3.05) is 39.8 Å². The van der Waals surface area contributed by atoms with Crippen LogP contribution in [-0.4, -0.2) is 89.5 Å². The highest BCUT2D eigenvalue weighted by molar-refractivity contribution is 6.03. The molecule has 3 aliphatic rings. The van der Waals surface area contributed by atoms with Crippen molar-refractivity contribution < 1.29 is 14.0 Å². The van der Waals surface area contributed by atoms with E-state index < -0.39 is 18.2 Å². The fourth-order valence-corrected chi connectivity index (χ4v) is 4.52. The molecule has 3 heterocycles. The Hall–Kier alpha value is -2.68. The number of nitrogens with one attached hydrogen (secondary N) is 1. The lowest BCUT2D eigenvalue weighted by Crippen LogP contribution is -2.64. The Morgan fingerprint density at radius 3 is 2.58 bits per heavy atom. The number of fused-ring (bicyclic) bond motifs is 1. The lowest BCUT2D eigenvalue weighted by atomic mass is 10.1. The second-order valence-electron chi connectivity index (χ2n) is 8.45. The van der Waals surface area contributed by atoms with Gasteiger partial charge in [0.2, 0.25) is 0 Å².